The van der Waals surface area contributed by atoms with Crippen LogP contribution in [0.15, 0.2) is 85.7 Å². The zero-order valence-corrected chi connectivity index (χ0v) is 14.6. The third-order valence-corrected chi connectivity index (χ3v) is 4.09. The number of aromatic nitrogens is 4. The lowest BCUT2D eigenvalue weighted by molar-refractivity contribution is 0.0369. The van der Waals surface area contributed by atoms with Crippen molar-refractivity contribution in [1.29, 1.82) is 0 Å². The van der Waals surface area contributed by atoms with Crippen LogP contribution in [0, 0.1) is 5.82 Å². The van der Waals surface area contributed by atoms with Gasteiger partial charge >= 0.3 is 5.97 Å². The van der Waals surface area contributed by atoms with Gasteiger partial charge in [0.1, 0.15) is 18.0 Å². The van der Waals surface area contributed by atoms with E-state index in [4.69, 9.17) is 4.74 Å². The Hall–Kier alpha value is -3.87. The first-order chi connectivity index (χ1) is 13.7. The first-order valence-electron chi connectivity index (χ1n) is 8.52. The van der Waals surface area contributed by atoms with Gasteiger partial charge in [-0.15, -0.1) is 0 Å². The summed E-state index contributed by atoms with van der Waals surface area (Å²) in [6.07, 6.45) is 7.19. The molecule has 7 heteroatoms. The van der Waals surface area contributed by atoms with Gasteiger partial charge in [-0.25, -0.2) is 19.2 Å². The molecule has 1 aromatic carbocycles. The average molecular weight is 374 g/mol. The molecule has 1 atom stereocenters. The van der Waals surface area contributed by atoms with Crippen molar-refractivity contribution in [2.75, 3.05) is 0 Å². The molecule has 0 radical (unpaired) electrons. The summed E-state index contributed by atoms with van der Waals surface area (Å²) in [5.41, 5.74) is 1.28. The Bertz CT molecular complexity index is 1070. The molecule has 3 heterocycles. The molecular formula is C21H15FN4O2. The van der Waals surface area contributed by atoms with Crippen molar-refractivity contribution in [3.8, 4) is 5.82 Å². The molecule has 0 amide bonds. The number of nitrogens with zero attached hydrogens (tertiary/aromatic N) is 4. The molecular weight excluding hydrogens is 359 g/mol. The number of esters is 1. The van der Waals surface area contributed by atoms with E-state index >= 15 is 0 Å². The average Bonchev–Trinajstić information content (AvgIpc) is 3.27. The molecule has 0 aliphatic carbocycles. The molecule has 6 nitrogen and oxygen atoms in total. The van der Waals surface area contributed by atoms with Crippen LogP contribution in [0.25, 0.3) is 5.82 Å². The van der Waals surface area contributed by atoms with E-state index in [0.717, 1.165) is 0 Å². The Labute approximate surface area is 160 Å². The highest BCUT2D eigenvalue weighted by Crippen LogP contribution is 2.26. The topological polar surface area (TPSA) is 69.9 Å². The fourth-order valence-electron chi connectivity index (χ4n) is 2.73. The van der Waals surface area contributed by atoms with E-state index in [1.165, 1.54) is 18.3 Å². The largest absolute Gasteiger partial charge is 0.447 e. The number of imidazole rings is 1. The molecule has 4 aromatic rings. The maximum atomic E-state index is 13.7. The number of hydrogen-bond acceptors (Lipinski definition) is 5. The Balaban J connectivity index is 1.60. The monoisotopic (exact) mass is 374 g/mol. The second-order valence-electron chi connectivity index (χ2n) is 5.97. The number of ether oxygens (including phenoxy) is 1. The Morgan fingerprint density at radius 3 is 2.64 bits per heavy atom. The van der Waals surface area contributed by atoms with Gasteiger partial charge in [0.15, 0.2) is 6.10 Å². The molecule has 0 saturated heterocycles. The fourth-order valence-corrected chi connectivity index (χ4v) is 2.73. The number of pyridine rings is 2. The zero-order valence-electron chi connectivity index (χ0n) is 14.6. The van der Waals surface area contributed by atoms with Gasteiger partial charge in [-0.05, 0) is 36.4 Å². The highest BCUT2D eigenvalue weighted by molar-refractivity contribution is 5.89. The molecule has 0 saturated carbocycles. The maximum absolute atomic E-state index is 13.7. The third-order valence-electron chi connectivity index (χ3n) is 4.09. The number of hydrogen-bond donors (Lipinski definition) is 0. The van der Waals surface area contributed by atoms with Crippen molar-refractivity contribution in [2.24, 2.45) is 0 Å². The van der Waals surface area contributed by atoms with Gasteiger partial charge in [-0.1, -0.05) is 18.2 Å². The highest BCUT2D eigenvalue weighted by atomic mass is 19.1. The summed E-state index contributed by atoms with van der Waals surface area (Å²) in [5.74, 6) is -0.370. The van der Waals surface area contributed by atoms with Crippen LogP contribution < -0.4 is 0 Å². The molecule has 3 aromatic heterocycles. The normalized spacial score (nSPS) is 11.8. The van der Waals surface area contributed by atoms with Crippen molar-refractivity contribution in [2.45, 2.75) is 6.10 Å². The summed E-state index contributed by atoms with van der Waals surface area (Å²) in [6, 6.07) is 14.5. The second kappa shape index (κ2) is 7.79. The Morgan fingerprint density at radius 2 is 1.96 bits per heavy atom. The predicted molar refractivity (Wildman–Crippen MR) is 99.3 cm³/mol. The van der Waals surface area contributed by atoms with Crippen molar-refractivity contribution in [1.82, 2.24) is 19.5 Å². The lowest BCUT2D eigenvalue weighted by atomic mass is 10.1. The molecule has 0 N–H and O–H groups in total. The first kappa shape index (κ1) is 17.5. The van der Waals surface area contributed by atoms with E-state index in [9.17, 15) is 9.18 Å². The standard InChI is InChI=1S/C21H15FN4O2/c22-17-5-3-4-15(12-17)20(18-6-1-2-9-24-18)28-21(27)16-7-8-19(25-13-16)26-11-10-23-14-26/h1-14,20H/t20-/m0/s1. The minimum absolute atomic E-state index is 0.279. The van der Waals surface area contributed by atoms with E-state index < -0.39 is 17.9 Å². The summed E-state index contributed by atoms with van der Waals surface area (Å²) in [4.78, 5) is 25.2. The summed E-state index contributed by atoms with van der Waals surface area (Å²) in [6.45, 7) is 0. The zero-order chi connectivity index (χ0) is 19.3. The van der Waals surface area contributed by atoms with E-state index in [0.29, 0.717) is 17.1 Å². The van der Waals surface area contributed by atoms with Crippen molar-refractivity contribution < 1.29 is 13.9 Å². The predicted octanol–water partition coefficient (Wildman–Crippen LogP) is 3.75. The Morgan fingerprint density at radius 1 is 1.04 bits per heavy atom. The minimum atomic E-state index is -0.835. The van der Waals surface area contributed by atoms with Crippen LogP contribution in [-0.2, 0) is 4.74 Å². The molecule has 28 heavy (non-hydrogen) atoms. The Kier molecular flexibility index (Phi) is 4.88. The number of halogens is 1. The number of rotatable bonds is 5. The van der Waals surface area contributed by atoms with E-state index in [1.807, 2.05) is 0 Å². The number of carbonyl (C=O) groups excluding carboxylic acids is 1. The van der Waals surface area contributed by atoms with Gasteiger partial charge < -0.3 is 4.74 Å². The fraction of sp³-hybridized carbons (Fsp3) is 0.0476. The number of carbonyl (C=O) groups is 1. The molecule has 0 fully saturated rings. The van der Waals surface area contributed by atoms with Gasteiger partial charge in [0.05, 0.1) is 11.3 Å². The highest BCUT2D eigenvalue weighted by Gasteiger charge is 2.22. The molecule has 0 aliphatic heterocycles. The minimum Gasteiger partial charge on any atom is -0.447 e. The van der Waals surface area contributed by atoms with Crippen LogP contribution in [0.2, 0.25) is 0 Å². The van der Waals surface area contributed by atoms with Crippen LogP contribution in [-0.4, -0.2) is 25.5 Å². The number of benzene rings is 1. The van der Waals surface area contributed by atoms with Crippen LogP contribution >= 0.6 is 0 Å². The summed E-state index contributed by atoms with van der Waals surface area (Å²) >= 11 is 0. The molecule has 0 unspecified atom stereocenters. The van der Waals surface area contributed by atoms with E-state index in [1.54, 1.807) is 71.9 Å². The van der Waals surface area contributed by atoms with E-state index in [-0.39, 0.29) is 5.56 Å². The van der Waals surface area contributed by atoms with Gasteiger partial charge in [-0.2, -0.15) is 0 Å². The molecule has 0 aliphatic rings. The van der Waals surface area contributed by atoms with Gasteiger partial charge in [0, 0.05) is 30.4 Å². The van der Waals surface area contributed by atoms with Gasteiger partial charge in [0.2, 0.25) is 0 Å². The quantitative estimate of drug-likeness (QED) is 0.498. The molecule has 0 bridgehead atoms. The summed E-state index contributed by atoms with van der Waals surface area (Å²) in [7, 11) is 0. The molecule has 138 valence electrons. The lowest BCUT2D eigenvalue weighted by Crippen LogP contribution is -2.14. The van der Waals surface area contributed by atoms with Crippen LogP contribution in [0.1, 0.15) is 27.7 Å². The van der Waals surface area contributed by atoms with Crippen LogP contribution in [0.3, 0.4) is 0 Å². The summed E-state index contributed by atoms with van der Waals surface area (Å²) in [5, 5.41) is 0. The van der Waals surface area contributed by atoms with Crippen molar-refractivity contribution >= 4 is 5.97 Å². The second-order valence-corrected chi connectivity index (χ2v) is 5.97. The van der Waals surface area contributed by atoms with Crippen LogP contribution in [0.4, 0.5) is 4.39 Å². The molecule has 4 rings (SSSR count). The SMILES string of the molecule is O=C(O[C@@H](c1cccc(F)c1)c1ccccn1)c1ccc(-n2ccnc2)nc1. The lowest BCUT2D eigenvalue weighted by Gasteiger charge is -2.18. The van der Waals surface area contributed by atoms with Crippen molar-refractivity contribution in [3.63, 3.8) is 0 Å². The maximum Gasteiger partial charge on any atom is 0.340 e. The third kappa shape index (κ3) is 3.78. The van der Waals surface area contributed by atoms with E-state index in [2.05, 4.69) is 15.0 Å². The summed E-state index contributed by atoms with van der Waals surface area (Å²) < 4.78 is 21.1. The smallest absolute Gasteiger partial charge is 0.340 e. The van der Waals surface area contributed by atoms with Gasteiger partial charge in [-0.3, -0.25) is 9.55 Å². The van der Waals surface area contributed by atoms with Crippen molar-refractivity contribution in [3.05, 3.63) is 108 Å². The van der Waals surface area contributed by atoms with Gasteiger partial charge in [0.25, 0.3) is 0 Å². The molecule has 0 spiro atoms. The first-order valence-corrected chi connectivity index (χ1v) is 8.52. The van der Waals surface area contributed by atoms with Crippen LogP contribution in [0.5, 0.6) is 0 Å².